The van der Waals surface area contributed by atoms with Crippen LogP contribution in [-0.4, -0.2) is 40.3 Å². The molecular formula is C23H26N8O2. The second kappa shape index (κ2) is 11.1. The van der Waals surface area contributed by atoms with Crippen molar-refractivity contribution in [1.82, 2.24) is 30.9 Å². The summed E-state index contributed by atoms with van der Waals surface area (Å²) in [6.45, 7) is 3.43. The zero-order valence-corrected chi connectivity index (χ0v) is 18.5. The van der Waals surface area contributed by atoms with Crippen molar-refractivity contribution in [3.63, 3.8) is 0 Å². The van der Waals surface area contributed by atoms with Crippen molar-refractivity contribution in [3.8, 4) is 5.88 Å². The fourth-order valence-corrected chi connectivity index (χ4v) is 3.07. The maximum atomic E-state index is 5.54. The molecule has 0 aliphatic carbocycles. The molecule has 0 aliphatic rings. The molecule has 0 atom stereocenters. The van der Waals surface area contributed by atoms with Crippen LogP contribution < -0.4 is 26.4 Å². The van der Waals surface area contributed by atoms with E-state index in [1.165, 1.54) is 0 Å². The van der Waals surface area contributed by atoms with E-state index < -0.39 is 0 Å². The van der Waals surface area contributed by atoms with Crippen LogP contribution in [0.25, 0.3) is 10.9 Å². The van der Waals surface area contributed by atoms with Crippen molar-refractivity contribution in [2.24, 2.45) is 0 Å². The molecule has 10 heteroatoms. The highest BCUT2D eigenvalue weighted by molar-refractivity contribution is 5.78. The Morgan fingerprint density at radius 1 is 0.939 bits per heavy atom. The van der Waals surface area contributed by atoms with Gasteiger partial charge in [-0.2, -0.15) is 10.5 Å². The molecule has 0 spiro atoms. The number of fused-ring (bicyclic) bond motifs is 1. The molecular weight excluding hydrogens is 420 g/mol. The fourth-order valence-electron chi connectivity index (χ4n) is 3.07. The maximum Gasteiger partial charge on any atom is 0.215 e. The van der Waals surface area contributed by atoms with Crippen LogP contribution in [0.2, 0.25) is 0 Å². The molecule has 0 saturated carbocycles. The van der Waals surface area contributed by atoms with Crippen molar-refractivity contribution in [1.29, 1.82) is 0 Å². The van der Waals surface area contributed by atoms with E-state index in [0.29, 0.717) is 43.1 Å². The van der Waals surface area contributed by atoms with Crippen LogP contribution in [0.5, 0.6) is 5.88 Å². The Balaban J connectivity index is 1.28. The fraction of sp³-hybridized carbons (Fsp3) is 0.217. The summed E-state index contributed by atoms with van der Waals surface area (Å²) >= 11 is 0. The van der Waals surface area contributed by atoms with Gasteiger partial charge in [0, 0.05) is 31.3 Å². The number of ether oxygens (including phenoxy) is 2. The number of anilines is 3. The molecule has 1 aromatic carbocycles. The van der Waals surface area contributed by atoms with E-state index in [1.54, 1.807) is 25.6 Å². The van der Waals surface area contributed by atoms with Crippen LogP contribution in [0.4, 0.5) is 17.5 Å². The monoisotopic (exact) mass is 446 g/mol. The third-order valence-electron chi connectivity index (χ3n) is 4.69. The first-order valence-electron chi connectivity index (χ1n) is 10.5. The summed E-state index contributed by atoms with van der Waals surface area (Å²) in [6, 6.07) is 15.6. The van der Waals surface area contributed by atoms with Crippen LogP contribution in [0.15, 0.2) is 60.9 Å². The van der Waals surface area contributed by atoms with Gasteiger partial charge in [0.15, 0.2) is 11.6 Å². The highest BCUT2D eigenvalue weighted by Crippen LogP contribution is 2.18. The van der Waals surface area contributed by atoms with Gasteiger partial charge >= 0.3 is 0 Å². The van der Waals surface area contributed by atoms with E-state index in [1.807, 2.05) is 43.3 Å². The van der Waals surface area contributed by atoms with Gasteiger partial charge < -0.3 is 14.8 Å². The standard InChI is InChI=1S/C23H26N8O2/c1-16-23(30-31-26-14-17-8-9-19-18(13-17)5-4-10-24-19)25-15-21(27-16)28-20-6-3-7-22(29-20)33-12-11-32-2/h3-10,13,15,26,31H,11-12,14H2,1-2H3,(H,25,30)(H,27,28,29). The van der Waals surface area contributed by atoms with Gasteiger partial charge in [0.25, 0.3) is 0 Å². The summed E-state index contributed by atoms with van der Waals surface area (Å²) < 4.78 is 10.5. The third kappa shape index (κ3) is 6.32. The van der Waals surface area contributed by atoms with E-state index in [9.17, 15) is 0 Å². The lowest BCUT2D eigenvalue weighted by molar-refractivity contribution is 0.144. The van der Waals surface area contributed by atoms with Crippen molar-refractivity contribution in [2.45, 2.75) is 13.5 Å². The van der Waals surface area contributed by atoms with Crippen LogP contribution >= 0.6 is 0 Å². The molecule has 4 aromatic rings. The highest BCUT2D eigenvalue weighted by atomic mass is 16.5. The molecule has 3 heterocycles. The minimum atomic E-state index is 0.436. The van der Waals surface area contributed by atoms with Crippen LogP contribution in [0, 0.1) is 6.92 Å². The molecule has 0 amide bonds. The van der Waals surface area contributed by atoms with Gasteiger partial charge in [-0.3, -0.25) is 10.4 Å². The smallest absolute Gasteiger partial charge is 0.215 e. The molecule has 33 heavy (non-hydrogen) atoms. The number of hydrazine groups is 2. The molecule has 4 rings (SSSR count). The summed E-state index contributed by atoms with van der Waals surface area (Å²) in [7, 11) is 1.63. The molecule has 170 valence electrons. The first-order chi connectivity index (χ1) is 16.2. The average Bonchev–Trinajstić information content (AvgIpc) is 2.83. The number of nitrogens with one attached hydrogen (secondary N) is 4. The lowest BCUT2D eigenvalue weighted by atomic mass is 10.1. The van der Waals surface area contributed by atoms with Crippen molar-refractivity contribution >= 4 is 28.4 Å². The molecule has 4 N–H and O–H groups in total. The van der Waals surface area contributed by atoms with Crippen molar-refractivity contribution in [2.75, 3.05) is 31.1 Å². The number of benzene rings is 1. The Bertz CT molecular complexity index is 1200. The number of nitrogens with zero attached hydrogens (tertiary/aromatic N) is 4. The topological polar surface area (TPSA) is 118 Å². The molecule has 0 unspecified atom stereocenters. The van der Waals surface area contributed by atoms with E-state index in [0.717, 1.165) is 22.2 Å². The van der Waals surface area contributed by atoms with E-state index in [4.69, 9.17) is 9.47 Å². The zero-order chi connectivity index (χ0) is 22.9. The van der Waals surface area contributed by atoms with Crippen LogP contribution in [0.1, 0.15) is 11.3 Å². The summed E-state index contributed by atoms with van der Waals surface area (Å²) in [5.74, 6) is 2.32. The van der Waals surface area contributed by atoms with Crippen molar-refractivity contribution in [3.05, 3.63) is 72.2 Å². The lowest BCUT2D eigenvalue weighted by Gasteiger charge is -2.12. The van der Waals surface area contributed by atoms with Crippen LogP contribution in [0.3, 0.4) is 0 Å². The lowest BCUT2D eigenvalue weighted by Crippen LogP contribution is -2.36. The minimum Gasteiger partial charge on any atom is -0.475 e. The number of aromatic nitrogens is 4. The predicted molar refractivity (Wildman–Crippen MR) is 127 cm³/mol. The normalized spacial score (nSPS) is 10.8. The summed E-state index contributed by atoms with van der Waals surface area (Å²) in [5, 5.41) is 4.25. The van der Waals surface area contributed by atoms with E-state index in [-0.39, 0.29) is 0 Å². The minimum absolute atomic E-state index is 0.436. The number of methoxy groups -OCH3 is 1. The Kier molecular flexibility index (Phi) is 7.54. The SMILES string of the molecule is COCCOc1cccc(Nc2cnc(NNNCc3ccc4ncccc4c3)c(C)n2)n1. The molecule has 0 bridgehead atoms. The number of pyridine rings is 2. The number of hydrogen-bond acceptors (Lipinski definition) is 10. The number of aryl methyl sites for hydroxylation is 1. The summed E-state index contributed by atoms with van der Waals surface area (Å²) in [6.07, 6.45) is 3.43. The summed E-state index contributed by atoms with van der Waals surface area (Å²) in [4.78, 5) is 17.7. The Morgan fingerprint density at radius 2 is 1.88 bits per heavy atom. The zero-order valence-electron chi connectivity index (χ0n) is 18.5. The number of rotatable bonds is 11. The second-order valence-electron chi connectivity index (χ2n) is 7.15. The van der Waals surface area contributed by atoms with Crippen LogP contribution in [-0.2, 0) is 11.3 Å². The molecule has 0 saturated heterocycles. The Labute approximate surface area is 191 Å². The number of hydrogen-bond donors (Lipinski definition) is 4. The Morgan fingerprint density at radius 3 is 2.76 bits per heavy atom. The highest BCUT2D eigenvalue weighted by Gasteiger charge is 2.05. The molecule has 3 aromatic heterocycles. The molecule has 0 radical (unpaired) electrons. The molecule has 0 aliphatic heterocycles. The first-order valence-corrected chi connectivity index (χ1v) is 10.5. The average molecular weight is 447 g/mol. The quantitative estimate of drug-likeness (QED) is 0.202. The van der Waals surface area contributed by atoms with E-state index in [2.05, 4.69) is 47.7 Å². The van der Waals surface area contributed by atoms with Gasteiger partial charge in [0.05, 0.1) is 24.0 Å². The van der Waals surface area contributed by atoms with Gasteiger partial charge in [-0.15, -0.1) is 0 Å². The maximum absolute atomic E-state index is 5.54. The second-order valence-corrected chi connectivity index (χ2v) is 7.15. The van der Waals surface area contributed by atoms with Gasteiger partial charge in [-0.1, -0.05) is 18.2 Å². The predicted octanol–water partition coefficient (Wildman–Crippen LogP) is 3.12. The van der Waals surface area contributed by atoms with Gasteiger partial charge in [-0.05, 0) is 36.8 Å². The van der Waals surface area contributed by atoms with Gasteiger partial charge in [0.1, 0.15) is 12.4 Å². The third-order valence-corrected chi connectivity index (χ3v) is 4.69. The molecule has 0 fully saturated rings. The molecule has 10 nitrogen and oxygen atoms in total. The van der Waals surface area contributed by atoms with Gasteiger partial charge in [-0.25, -0.2) is 15.4 Å². The van der Waals surface area contributed by atoms with E-state index >= 15 is 0 Å². The Hall–Kier alpha value is -3.86. The first kappa shape index (κ1) is 22.3. The summed E-state index contributed by atoms with van der Waals surface area (Å²) in [5.41, 5.74) is 11.9. The van der Waals surface area contributed by atoms with Gasteiger partial charge in [0.2, 0.25) is 5.88 Å². The van der Waals surface area contributed by atoms with Crippen molar-refractivity contribution < 1.29 is 9.47 Å². The largest absolute Gasteiger partial charge is 0.475 e.